The van der Waals surface area contributed by atoms with E-state index in [1.807, 2.05) is 0 Å². The zero-order valence-corrected chi connectivity index (χ0v) is 17.5. The minimum absolute atomic E-state index is 0.000589. The van der Waals surface area contributed by atoms with Crippen LogP contribution in [0.3, 0.4) is 0 Å². The number of nitrogens with zero attached hydrogens (tertiary/aromatic N) is 2. The van der Waals surface area contributed by atoms with Gasteiger partial charge in [-0.2, -0.15) is 0 Å². The summed E-state index contributed by atoms with van der Waals surface area (Å²) in [5, 5.41) is 3.10. The fourth-order valence-corrected chi connectivity index (χ4v) is 5.60. The third kappa shape index (κ3) is 3.89. The van der Waals surface area contributed by atoms with Crippen molar-refractivity contribution in [3.63, 3.8) is 0 Å². The van der Waals surface area contributed by atoms with Crippen LogP contribution in [0.25, 0.3) is 0 Å². The zero-order chi connectivity index (χ0) is 21.4. The second kappa shape index (κ2) is 8.35. The summed E-state index contributed by atoms with van der Waals surface area (Å²) in [6.07, 6.45) is 6.02. The van der Waals surface area contributed by atoms with Crippen LogP contribution in [-0.4, -0.2) is 72.4 Å². The van der Waals surface area contributed by atoms with Crippen molar-refractivity contribution in [3.05, 3.63) is 23.6 Å². The second-order valence-electron chi connectivity index (χ2n) is 9.01. The molecule has 168 valence electrons. The van der Waals surface area contributed by atoms with Gasteiger partial charge in [0.1, 0.15) is 12.4 Å². The SMILES string of the molecule is O=C1COC[C@]2(CCCN3C(=O)COc4nccc(F)c4C4CCC(CC4)OC[C@@H]32)N1. The van der Waals surface area contributed by atoms with E-state index < -0.39 is 5.54 Å². The Balaban J connectivity index is 1.47. The van der Waals surface area contributed by atoms with Gasteiger partial charge in [-0.15, -0.1) is 0 Å². The average molecular weight is 433 g/mol. The smallest absolute Gasteiger partial charge is 0.260 e. The van der Waals surface area contributed by atoms with E-state index >= 15 is 0 Å². The Bertz CT molecular complexity index is 856. The number of ether oxygens (including phenoxy) is 3. The van der Waals surface area contributed by atoms with E-state index in [4.69, 9.17) is 14.2 Å². The lowest BCUT2D eigenvalue weighted by molar-refractivity contribution is -0.156. The minimum Gasteiger partial charge on any atom is -0.467 e. The summed E-state index contributed by atoms with van der Waals surface area (Å²) < 4.78 is 32.3. The molecule has 5 aliphatic rings. The van der Waals surface area contributed by atoms with Gasteiger partial charge in [-0.25, -0.2) is 9.37 Å². The predicted molar refractivity (Wildman–Crippen MR) is 107 cm³/mol. The molecule has 8 nitrogen and oxygen atoms in total. The van der Waals surface area contributed by atoms with Crippen LogP contribution in [0.4, 0.5) is 4.39 Å². The number of fused-ring (bicyclic) bond motifs is 5. The van der Waals surface area contributed by atoms with Crippen molar-refractivity contribution >= 4 is 11.8 Å². The molecule has 1 aliphatic carbocycles. The second-order valence-corrected chi connectivity index (χ2v) is 9.01. The molecule has 1 aromatic rings. The number of nitrogens with one attached hydrogen (secondary N) is 1. The van der Waals surface area contributed by atoms with Crippen molar-refractivity contribution in [2.24, 2.45) is 0 Å². The highest BCUT2D eigenvalue weighted by Gasteiger charge is 2.50. The van der Waals surface area contributed by atoms with Crippen molar-refractivity contribution in [1.29, 1.82) is 0 Å². The third-order valence-electron chi connectivity index (χ3n) is 7.14. The number of pyridine rings is 1. The fraction of sp³-hybridized carbons (Fsp3) is 0.682. The molecule has 4 aliphatic heterocycles. The highest BCUT2D eigenvalue weighted by atomic mass is 19.1. The van der Waals surface area contributed by atoms with Gasteiger partial charge in [0.25, 0.3) is 5.91 Å². The summed E-state index contributed by atoms with van der Waals surface area (Å²) in [6.45, 7) is 1.01. The molecule has 0 aromatic carbocycles. The molecule has 1 aromatic heterocycles. The van der Waals surface area contributed by atoms with Gasteiger partial charge >= 0.3 is 0 Å². The number of hydrogen-bond donors (Lipinski definition) is 1. The standard InChI is InChI=1S/C22H28FN3O5/c23-16-6-8-24-21-20(16)14-2-4-15(5-3-14)30-10-17-22(13-29-11-18(27)25-22)7-1-9-26(17)19(28)12-31-21/h6,8,14-15,17H,1-5,7,9-13H2,(H,25,27)/t14?,15?,17-,22+/m1/s1. The molecule has 6 rings (SSSR count). The molecular formula is C22H28FN3O5. The van der Waals surface area contributed by atoms with Crippen molar-refractivity contribution < 1.29 is 28.2 Å². The van der Waals surface area contributed by atoms with Crippen LogP contribution in [0.15, 0.2) is 12.3 Å². The van der Waals surface area contributed by atoms with Crippen molar-refractivity contribution in [2.45, 2.75) is 62.1 Å². The summed E-state index contributed by atoms with van der Waals surface area (Å²) in [6, 6.07) is 1.00. The number of carbonyl (C=O) groups is 2. The molecule has 2 saturated heterocycles. The monoisotopic (exact) mass is 433 g/mol. The summed E-state index contributed by atoms with van der Waals surface area (Å²) in [5.41, 5.74) is -0.198. The van der Waals surface area contributed by atoms with Crippen molar-refractivity contribution in [2.75, 3.05) is 33.0 Å². The lowest BCUT2D eigenvalue weighted by Crippen LogP contribution is -2.72. The predicted octanol–water partition coefficient (Wildman–Crippen LogP) is 1.53. The van der Waals surface area contributed by atoms with Gasteiger partial charge in [-0.05, 0) is 50.5 Å². The molecule has 0 unspecified atom stereocenters. The molecule has 1 N–H and O–H groups in total. The average Bonchev–Trinajstić information content (AvgIpc) is 2.78. The topological polar surface area (TPSA) is 90.0 Å². The molecule has 5 heterocycles. The van der Waals surface area contributed by atoms with E-state index in [0.29, 0.717) is 25.3 Å². The normalized spacial score (nSPS) is 34.0. The van der Waals surface area contributed by atoms with Crippen LogP contribution in [-0.2, 0) is 19.1 Å². The molecule has 2 bridgehead atoms. The van der Waals surface area contributed by atoms with Gasteiger partial charge in [0, 0.05) is 12.7 Å². The Morgan fingerprint density at radius 1 is 1.19 bits per heavy atom. The van der Waals surface area contributed by atoms with Crippen LogP contribution >= 0.6 is 0 Å². The summed E-state index contributed by atoms with van der Waals surface area (Å²) in [4.78, 5) is 31.3. The third-order valence-corrected chi connectivity index (χ3v) is 7.14. The van der Waals surface area contributed by atoms with Crippen LogP contribution in [0.2, 0.25) is 0 Å². The Hall–Kier alpha value is -2.26. The Morgan fingerprint density at radius 3 is 2.84 bits per heavy atom. The zero-order valence-electron chi connectivity index (χ0n) is 17.5. The van der Waals surface area contributed by atoms with Crippen molar-refractivity contribution in [1.82, 2.24) is 15.2 Å². The Labute approximate surface area is 180 Å². The van der Waals surface area contributed by atoms with E-state index in [1.54, 1.807) is 4.90 Å². The van der Waals surface area contributed by atoms with Gasteiger partial charge < -0.3 is 24.4 Å². The van der Waals surface area contributed by atoms with Crippen LogP contribution in [0, 0.1) is 5.82 Å². The van der Waals surface area contributed by atoms with Gasteiger partial charge in [0.15, 0.2) is 6.61 Å². The number of carbonyl (C=O) groups excluding carboxylic acids is 2. The van der Waals surface area contributed by atoms with E-state index in [9.17, 15) is 14.0 Å². The lowest BCUT2D eigenvalue weighted by atomic mass is 9.80. The number of hydrogen-bond acceptors (Lipinski definition) is 6. The number of amides is 2. The molecular weight excluding hydrogens is 405 g/mol. The minimum atomic E-state index is -0.664. The number of piperidine rings is 1. The van der Waals surface area contributed by atoms with Crippen LogP contribution in [0.5, 0.6) is 5.88 Å². The summed E-state index contributed by atoms with van der Waals surface area (Å²) in [7, 11) is 0. The highest BCUT2D eigenvalue weighted by molar-refractivity contribution is 5.81. The maximum Gasteiger partial charge on any atom is 0.260 e. The molecule has 31 heavy (non-hydrogen) atoms. The number of rotatable bonds is 0. The lowest BCUT2D eigenvalue weighted by Gasteiger charge is -2.51. The maximum atomic E-state index is 14.7. The molecule has 2 atom stereocenters. The van der Waals surface area contributed by atoms with Crippen molar-refractivity contribution in [3.8, 4) is 5.88 Å². The van der Waals surface area contributed by atoms with Gasteiger partial charge in [-0.3, -0.25) is 9.59 Å². The van der Waals surface area contributed by atoms with E-state index in [1.165, 1.54) is 12.3 Å². The van der Waals surface area contributed by atoms with E-state index in [2.05, 4.69) is 10.3 Å². The summed E-state index contributed by atoms with van der Waals surface area (Å²) >= 11 is 0. The Kier molecular flexibility index (Phi) is 5.56. The molecule has 3 fully saturated rings. The highest BCUT2D eigenvalue weighted by Crippen LogP contribution is 2.40. The first-order valence-electron chi connectivity index (χ1n) is 11.1. The van der Waals surface area contributed by atoms with E-state index in [0.717, 1.165) is 38.5 Å². The summed E-state index contributed by atoms with van der Waals surface area (Å²) in [5.74, 6) is -0.535. The first kappa shape index (κ1) is 20.6. The number of morpholine rings is 1. The molecule has 0 radical (unpaired) electrons. The van der Waals surface area contributed by atoms with Gasteiger partial charge in [-0.1, -0.05) is 0 Å². The fourth-order valence-electron chi connectivity index (χ4n) is 5.60. The number of halogens is 1. The quantitative estimate of drug-likeness (QED) is 0.668. The van der Waals surface area contributed by atoms with E-state index in [-0.39, 0.29) is 54.8 Å². The van der Waals surface area contributed by atoms with Gasteiger partial charge in [0.05, 0.1) is 36.5 Å². The van der Waals surface area contributed by atoms with Gasteiger partial charge in [0.2, 0.25) is 11.8 Å². The molecule has 1 saturated carbocycles. The first-order chi connectivity index (χ1) is 15.1. The first-order valence-corrected chi connectivity index (χ1v) is 11.1. The number of aromatic nitrogens is 1. The molecule has 1 spiro atoms. The Morgan fingerprint density at radius 2 is 2.03 bits per heavy atom. The van der Waals surface area contributed by atoms with Crippen LogP contribution < -0.4 is 10.1 Å². The largest absolute Gasteiger partial charge is 0.467 e. The molecule has 9 heteroatoms. The maximum absolute atomic E-state index is 14.7. The molecule has 2 amide bonds. The van der Waals surface area contributed by atoms with Crippen LogP contribution in [0.1, 0.15) is 50.0 Å².